The van der Waals surface area contributed by atoms with Crippen LogP contribution in [0.4, 0.5) is 0 Å². The Morgan fingerprint density at radius 2 is 1.61 bits per heavy atom. The summed E-state index contributed by atoms with van der Waals surface area (Å²) in [5, 5.41) is 0. The maximum atomic E-state index is 13.9. The Balaban J connectivity index is 3.03. The van der Waals surface area contributed by atoms with Gasteiger partial charge in [-0.15, -0.1) is 0 Å². The smallest absolute Gasteiger partial charge is 0.276 e. The lowest BCUT2D eigenvalue weighted by Gasteiger charge is -2.17. The first-order chi connectivity index (χ1) is 15.4. The number of pyridine rings is 1. The number of nitrogens with zero attached hydrogens (tertiary/aromatic N) is 1. The van der Waals surface area contributed by atoms with Gasteiger partial charge in [0.05, 0.1) is 11.5 Å². The zero-order valence-electron chi connectivity index (χ0n) is 19.6. The third kappa shape index (κ3) is 6.31. The number of benzene rings is 1. The molecular formula is C24H31ClNO5S2+. The largest absolute Gasteiger partial charge is 0.282 e. The van der Waals surface area contributed by atoms with Crippen molar-refractivity contribution in [3.63, 3.8) is 0 Å². The van der Waals surface area contributed by atoms with E-state index in [1.54, 1.807) is 58.2 Å². The maximum absolute atomic E-state index is 13.9. The van der Waals surface area contributed by atoms with Gasteiger partial charge in [-0.2, -0.15) is 4.57 Å². The molecule has 1 aromatic heterocycles. The molecule has 0 aliphatic rings. The fourth-order valence-electron chi connectivity index (χ4n) is 3.61. The molecule has 33 heavy (non-hydrogen) atoms. The van der Waals surface area contributed by atoms with Crippen molar-refractivity contribution in [1.82, 2.24) is 0 Å². The van der Waals surface area contributed by atoms with E-state index in [9.17, 15) is 21.6 Å². The second-order valence-corrected chi connectivity index (χ2v) is 13.1. The monoisotopic (exact) mass is 512 g/mol. The van der Waals surface area contributed by atoms with Gasteiger partial charge in [0.2, 0.25) is 0 Å². The van der Waals surface area contributed by atoms with Crippen molar-refractivity contribution >= 4 is 42.8 Å². The Labute approximate surface area is 202 Å². The van der Waals surface area contributed by atoms with E-state index < -0.39 is 35.1 Å². The number of aryl methyl sites for hydroxylation is 3. The highest BCUT2D eigenvalue weighted by atomic mass is 35.5. The van der Waals surface area contributed by atoms with E-state index in [1.165, 1.54) is 10.8 Å². The molecule has 0 spiro atoms. The number of aromatic nitrogens is 1. The second-order valence-electron chi connectivity index (χ2n) is 8.15. The topological polar surface area (TPSA) is 89.2 Å². The summed E-state index contributed by atoms with van der Waals surface area (Å²) in [6, 6.07) is 8.65. The molecule has 0 fully saturated rings. The van der Waals surface area contributed by atoms with E-state index in [1.807, 2.05) is 13.0 Å². The van der Waals surface area contributed by atoms with Crippen LogP contribution in [0, 0.1) is 20.8 Å². The van der Waals surface area contributed by atoms with Gasteiger partial charge < -0.3 is 0 Å². The summed E-state index contributed by atoms with van der Waals surface area (Å²) < 4.78 is 52.2. The van der Waals surface area contributed by atoms with Crippen molar-refractivity contribution in [2.24, 2.45) is 0 Å². The molecule has 0 saturated heterocycles. The van der Waals surface area contributed by atoms with Crippen molar-refractivity contribution in [2.45, 2.75) is 52.2 Å². The highest BCUT2D eigenvalue weighted by molar-refractivity contribution is 7.99. The van der Waals surface area contributed by atoms with Crippen molar-refractivity contribution in [1.29, 1.82) is 0 Å². The zero-order valence-corrected chi connectivity index (χ0v) is 22.0. The zero-order chi connectivity index (χ0) is 25.0. The molecule has 0 bridgehead atoms. The highest BCUT2D eigenvalue weighted by Crippen LogP contribution is 2.30. The van der Waals surface area contributed by atoms with E-state index in [0.717, 1.165) is 11.1 Å². The minimum atomic E-state index is -4.18. The molecule has 1 unspecified atom stereocenters. The van der Waals surface area contributed by atoms with Crippen molar-refractivity contribution in [3.8, 4) is 0 Å². The molecule has 1 aromatic carbocycles. The van der Waals surface area contributed by atoms with Crippen molar-refractivity contribution in [2.75, 3.05) is 11.5 Å². The summed E-state index contributed by atoms with van der Waals surface area (Å²) in [5.41, 5.74) is 2.38. The number of halogens is 1. The maximum Gasteiger partial charge on any atom is 0.276 e. The average molecular weight is 513 g/mol. The number of allylic oxidation sites excluding steroid dienone is 1. The van der Waals surface area contributed by atoms with Crippen LogP contribution in [0.3, 0.4) is 0 Å². The molecule has 0 saturated carbocycles. The molecule has 180 valence electrons. The van der Waals surface area contributed by atoms with Gasteiger partial charge in [-0.05, 0) is 45.2 Å². The van der Waals surface area contributed by atoms with Gasteiger partial charge in [0.25, 0.3) is 11.5 Å². The molecule has 0 amide bonds. The van der Waals surface area contributed by atoms with Crippen LogP contribution in [0.2, 0.25) is 0 Å². The SMILES string of the molecule is CCCS(=O)(=O)C(=C(C(=O)c1ccc(C)cc1C)[n+]1cccc(C)c1)C(Cl)S(=O)(=O)CCC. The summed E-state index contributed by atoms with van der Waals surface area (Å²) in [5.74, 6) is -1.23. The van der Waals surface area contributed by atoms with Crippen LogP contribution in [0.25, 0.3) is 5.70 Å². The Kier molecular flexibility index (Phi) is 9.01. The van der Waals surface area contributed by atoms with Crippen LogP contribution in [-0.2, 0) is 19.7 Å². The van der Waals surface area contributed by atoms with Gasteiger partial charge in [0, 0.05) is 17.2 Å². The van der Waals surface area contributed by atoms with Crippen LogP contribution in [0.15, 0.2) is 47.6 Å². The average Bonchev–Trinajstić information content (AvgIpc) is 2.70. The van der Waals surface area contributed by atoms with Gasteiger partial charge in [-0.1, -0.05) is 49.2 Å². The van der Waals surface area contributed by atoms with E-state index >= 15 is 0 Å². The first-order valence-corrected chi connectivity index (χ1v) is 14.6. The lowest BCUT2D eigenvalue weighted by molar-refractivity contribution is -0.577. The number of rotatable bonds is 10. The molecule has 0 N–H and O–H groups in total. The number of carbonyl (C=O) groups is 1. The van der Waals surface area contributed by atoms with E-state index in [0.29, 0.717) is 5.56 Å². The fraction of sp³-hybridized carbons (Fsp3) is 0.417. The van der Waals surface area contributed by atoms with Crippen LogP contribution in [0.1, 0.15) is 53.7 Å². The standard InChI is InChI=1S/C24H31ClNO5S2/c1-6-13-32(28,29)23(24(25)33(30,31)14-7-2)21(26-12-8-9-18(4)16-26)22(27)20-11-10-17(3)15-19(20)5/h8-12,15-16,24H,6-7,13-14H2,1-5H3/q+1. The predicted octanol–water partition coefficient (Wildman–Crippen LogP) is 4.17. The van der Waals surface area contributed by atoms with E-state index in [-0.39, 0.29) is 35.6 Å². The molecular weight excluding hydrogens is 482 g/mol. The lowest BCUT2D eigenvalue weighted by Crippen LogP contribution is -2.41. The number of hydrogen-bond acceptors (Lipinski definition) is 5. The Hall–Kier alpha value is -2.03. The third-order valence-corrected chi connectivity index (χ3v) is 10.3. The highest BCUT2D eigenvalue weighted by Gasteiger charge is 2.43. The fourth-order valence-corrected chi connectivity index (χ4v) is 8.01. The first-order valence-electron chi connectivity index (χ1n) is 10.8. The number of ketones is 1. The normalized spacial score (nSPS) is 14.0. The molecule has 0 aliphatic heterocycles. The van der Waals surface area contributed by atoms with Crippen LogP contribution in [0.5, 0.6) is 0 Å². The Morgan fingerprint density at radius 1 is 0.970 bits per heavy atom. The summed E-state index contributed by atoms with van der Waals surface area (Å²) in [4.78, 5) is 13.3. The van der Waals surface area contributed by atoms with Crippen LogP contribution in [-0.4, -0.2) is 38.8 Å². The molecule has 0 aliphatic carbocycles. The Morgan fingerprint density at radius 3 is 2.15 bits per heavy atom. The number of hydrogen-bond donors (Lipinski definition) is 0. The minimum absolute atomic E-state index is 0.243. The molecule has 2 aromatic rings. The summed E-state index contributed by atoms with van der Waals surface area (Å²) in [6.45, 7) is 8.77. The number of carbonyl (C=O) groups excluding carboxylic acids is 1. The summed E-state index contributed by atoms with van der Waals surface area (Å²) in [6.07, 6.45) is 3.63. The van der Waals surface area contributed by atoms with Gasteiger partial charge in [0.15, 0.2) is 41.7 Å². The lowest BCUT2D eigenvalue weighted by atomic mass is 10.00. The summed E-state index contributed by atoms with van der Waals surface area (Å²) in [7, 11) is -8.22. The summed E-state index contributed by atoms with van der Waals surface area (Å²) >= 11 is 6.43. The number of Topliss-reactive ketones (excluding diaryl/α,β-unsaturated/α-hetero) is 1. The predicted molar refractivity (Wildman–Crippen MR) is 133 cm³/mol. The molecule has 2 rings (SSSR count). The number of alkyl halides is 1. The molecule has 1 atom stereocenters. The van der Waals surface area contributed by atoms with Gasteiger partial charge in [-0.25, -0.2) is 16.8 Å². The minimum Gasteiger partial charge on any atom is -0.282 e. The Bertz CT molecular complexity index is 1280. The molecule has 1 heterocycles. The van der Waals surface area contributed by atoms with Gasteiger partial charge >= 0.3 is 0 Å². The quantitative estimate of drug-likeness (QED) is 0.206. The molecule has 0 radical (unpaired) electrons. The van der Waals surface area contributed by atoms with Gasteiger partial charge in [-0.3, -0.25) is 4.79 Å². The van der Waals surface area contributed by atoms with Crippen LogP contribution < -0.4 is 4.57 Å². The number of sulfone groups is 2. The molecule has 9 heteroatoms. The van der Waals surface area contributed by atoms with E-state index in [2.05, 4.69) is 0 Å². The second kappa shape index (κ2) is 10.9. The van der Waals surface area contributed by atoms with Crippen molar-refractivity contribution in [3.05, 3.63) is 69.9 Å². The molecule has 6 nitrogen and oxygen atoms in total. The first kappa shape index (κ1) is 27.2. The van der Waals surface area contributed by atoms with Gasteiger partial charge in [0.1, 0.15) is 0 Å². The van der Waals surface area contributed by atoms with Crippen LogP contribution >= 0.6 is 11.6 Å². The van der Waals surface area contributed by atoms with E-state index in [4.69, 9.17) is 11.6 Å². The van der Waals surface area contributed by atoms with Crippen molar-refractivity contribution < 1.29 is 26.2 Å². The third-order valence-electron chi connectivity index (χ3n) is 5.10.